The van der Waals surface area contributed by atoms with E-state index in [-0.39, 0.29) is 5.91 Å². The second-order valence-electron chi connectivity index (χ2n) is 6.99. The molecule has 0 unspecified atom stereocenters. The van der Waals surface area contributed by atoms with Gasteiger partial charge in [-0.1, -0.05) is 42.5 Å². The minimum absolute atomic E-state index is 0.183. The van der Waals surface area contributed by atoms with Crippen LogP contribution in [0.4, 0.5) is 0 Å². The van der Waals surface area contributed by atoms with Gasteiger partial charge in [0.25, 0.3) is 5.91 Å². The van der Waals surface area contributed by atoms with Gasteiger partial charge in [-0.15, -0.1) is 0 Å². The molecule has 0 radical (unpaired) electrons. The topological polar surface area (TPSA) is 32.3 Å². The van der Waals surface area contributed by atoms with Crippen molar-refractivity contribution in [2.75, 3.05) is 26.2 Å². The molecule has 2 saturated heterocycles. The van der Waals surface area contributed by atoms with Crippen LogP contribution in [0.2, 0.25) is 0 Å². The van der Waals surface area contributed by atoms with Crippen LogP contribution in [0.15, 0.2) is 54.6 Å². The molecule has 0 bridgehead atoms. The monoisotopic (exact) mass is 320 g/mol. The number of carbonyl (C=O) groups excluding carboxylic acids is 1. The van der Waals surface area contributed by atoms with Crippen molar-refractivity contribution in [2.45, 2.75) is 12.8 Å². The Kier molecular flexibility index (Phi) is 4.35. The Hall–Kier alpha value is -2.13. The van der Waals surface area contributed by atoms with Gasteiger partial charge in [-0.2, -0.15) is 0 Å². The van der Waals surface area contributed by atoms with E-state index in [0.29, 0.717) is 0 Å². The Balaban J connectivity index is 1.46. The number of hydrogen-bond acceptors (Lipinski definition) is 2. The minimum atomic E-state index is 0.183. The quantitative estimate of drug-likeness (QED) is 0.919. The summed E-state index contributed by atoms with van der Waals surface area (Å²) in [6, 6.07) is 18.3. The van der Waals surface area contributed by atoms with E-state index in [0.717, 1.165) is 62.0 Å². The van der Waals surface area contributed by atoms with Crippen molar-refractivity contribution < 1.29 is 4.79 Å². The molecular weight excluding hydrogens is 296 g/mol. The summed E-state index contributed by atoms with van der Waals surface area (Å²) in [5, 5.41) is 3.49. The summed E-state index contributed by atoms with van der Waals surface area (Å²) in [4.78, 5) is 14.9. The third-order valence-corrected chi connectivity index (χ3v) is 5.55. The van der Waals surface area contributed by atoms with Crippen LogP contribution in [-0.4, -0.2) is 37.0 Å². The van der Waals surface area contributed by atoms with Gasteiger partial charge in [-0.3, -0.25) is 4.79 Å². The van der Waals surface area contributed by atoms with Crippen LogP contribution in [-0.2, 0) is 0 Å². The van der Waals surface area contributed by atoms with Gasteiger partial charge in [0, 0.05) is 18.7 Å². The van der Waals surface area contributed by atoms with Crippen LogP contribution in [0.25, 0.3) is 11.1 Å². The maximum atomic E-state index is 12.8. The van der Waals surface area contributed by atoms with Gasteiger partial charge in [0.05, 0.1) is 0 Å². The maximum absolute atomic E-state index is 12.8. The molecule has 2 fully saturated rings. The predicted molar refractivity (Wildman–Crippen MR) is 96.9 cm³/mol. The standard InChI is InChI=1S/C21H24N2O/c24-21(23-12-10-19-14-22-15-20(19)11-13-23)18-8-6-17(7-9-18)16-4-2-1-3-5-16/h1-9,19-20,22H,10-15H2/t19-,20+. The molecule has 24 heavy (non-hydrogen) atoms. The van der Waals surface area contributed by atoms with Crippen LogP contribution < -0.4 is 5.32 Å². The second kappa shape index (κ2) is 6.78. The highest BCUT2D eigenvalue weighted by Crippen LogP contribution is 2.28. The first-order valence-corrected chi connectivity index (χ1v) is 8.97. The van der Waals surface area contributed by atoms with E-state index in [4.69, 9.17) is 0 Å². The molecule has 2 aliphatic heterocycles. The molecule has 0 spiro atoms. The third kappa shape index (κ3) is 3.09. The van der Waals surface area contributed by atoms with Crippen molar-refractivity contribution in [1.29, 1.82) is 0 Å². The summed E-state index contributed by atoms with van der Waals surface area (Å²) in [6.07, 6.45) is 2.26. The highest BCUT2D eigenvalue weighted by atomic mass is 16.2. The summed E-state index contributed by atoms with van der Waals surface area (Å²) in [6.45, 7) is 4.03. The molecule has 3 heteroatoms. The lowest BCUT2D eigenvalue weighted by Gasteiger charge is -2.21. The molecule has 124 valence electrons. The smallest absolute Gasteiger partial charge is 0.253 e. The molecule has 1 N–H and O–H groups in total. The number of fused-ring (bicyclic) bond motifs is 1. The van der Waals surface area contributed by atoms with Crippen molar-refractivity contribution in [3.8, 4) is 11.1 Å². The van der Waals surface area contributed by atoms with Gasteiger partial charge in [-0.25, -0.2) is 0 Å². The van der Waals surface area contributed by atoms with Crippen molar-refractivity contribution in [3.63, 3.8) is 0 Å². The van der Waals surface area contributed by atoms with Crippen molar-refractivity contribution in [3.05, 3.63) is 60.2 Å². The lowest BCUT2D eigenvalue weighted by atomic mass is 9.92. The van der Waals surface area contributed by atoms with E-state index in [1.54, 1.807) is 0 Å². The van der Waals surface area contributed by atoms with E-state index >= 15 is 0 Å². The first-order chi connectivity index (χ1) is 11.8. The molecule has 3 nitrogen and oxygen atoms in total. The number of rotatable bonds is 2. The molecule has 0 saturated carbocycles. The van der Waals surface area contributed by atoms with Crippen molar-refractivity contribution >= 4 is 5.91 Å². The molecule has 2 aromatic carbocycles. The van der Waals surface area contributed by atoms with Gasteiger partial charge < -0.3 is 10.2 Å². The Morgan fingerprint density at radius 2 is 1.42 bits per heavy atom. The average molecular weight is 320 g/mol. The van der Waals surface area contributed by atoms with Crippen molar-refractivity contribution in [1.82, 2.24) is 10.2 Å². The first-order valence-electron chi connectivity index (χ1n) is 8.97. The fourth-order valence-corrected chi connectivity index (χ4v) is 4.04. The molecule has 0 aliphatic carbocycles. The molecule has 2 aliphatic rings. The zero-order valence-electron chi connectivity index (χ0n) is 13.9. The number of hydrogen-bond donors (Lipinski definition) is 1. The lowest BCUT2D eigenvalue weighted by molar-refractivity contribution is 0.0758. The number of nitrogens with zero attached hydrogens (tertiary/aromatic N) is 1. The molecule has 2 aromatic rings. The van der Waals surface area contributed by atoms with E-state index in [1.807, 2.05) is 30.3 Å². The number of likely N-dealkylation sites (tertiary alicyclic amines) is 1. The van der Waals surface area contributed by atoms with Gasteiger partial charge in [0.15, 0.2) is 0 Å². The average Bonchev–Trinajstić information content (AvgIpc) is 3.00. The summed E-state index contributed by atoms with van der Waals surface area (Å²) in [7, 11) is 0. The Bertz CT molecular complexity index is 682. The molecular formula is C21H24N2O. The summed E-state index contributed by atoms with van der Waals surface area (Å²) >= 11 is 0. The van der Waals surface area contributed by atoms with Crippen LogP contribution in [0.5, 0.6) is 0 Å². The highest BCUT2D eigenvalue weighted by Gasteiger charge is 2.31. The molecule has 2 heterocycles. The van der Waals surface area contributed by atoms with Crippen LogP contribution in [0.3, 0.4) is 0 Å². The molecule has 0 aromatic heterocycles. The van der Waals surface area contributed by atoms with Gasteiger partial charge >= 0.3 is 0 Å². The van der Waals surface area contributed by atoms with E-state index in [9.17, 15) is 4.79 Å². The first kappa shape index (κ1) is 15.4. The maximum Gasteiger partial charge on any atom is 0.253 e. The number of carbonyl (C=O) groups is 1. The zero-order valence-corrected chi connectivity index (χ0v) is 13.9. The Morgan fingerprint density at radius 1 is 0.833 bits per heavy atom. The fraction of sp³-hybridized carbons (Fsp3) is 0.381. The Labute approximate surface area is 143 Å². The predicted octanol–water partition coefficient (Wildman–Crippen LogP) is 3.43. The third-order valence-electron chi connectivity index (χ3n) is 5.55. The van der Waals surface area contributed by atoms with Gasteiger partial charge in [0.1, 0.15) is 0 Å². The number of amides is 1. The summed E-state index contributed by atoms with van der Waals surface area (Å²) < 4.78 is 0. The molecule has 1 amide bonds. The number of benzene rings is 2. The van der Waals surface area contributed by atoms with E-state index in [2.05, 4.69) is 34.5 Å². The largest absolute Gasteiger partial charge is 0.339 e. The van der Waals surface area contributed by atoms with Crippen LogP contribution in [0.1, 0.15) is 23.2 Å². The SMILES string of the molecule is O=C(c1ccc(-c2ccccc2)cc1)N1CC[C@@H]2CNC[C@@H]2CC1. The fourth-order valence-electron chi connectivity index (χ4n) is 4.04. The second-order valence-corrected chi connectivity index (χ2v) is 6.99. The van der Waals surface area contributed by atoms with Crippen molar-refractivity contribution in [2.24, 2.45) is 11.8 Å². The van der Waals surface area contributed by atoms with Gasteiger partial charge in [0.2, 0.25) is 0 Å². The molecule has 4 rings (SSSR count). The van der Waals surface area contributed by atoms with E-state index < -0.39 is 0 Å². The number of nitrogens with one attached hydrogen (secondary N) is 1. The Morgan fingerprint density at radius 3 is 2.04 bits per heavy atom. The lowest BCUT2D eigenvalue weighted by Crippen LogP contribution is -2.32. The van der Waals surface area contributed by atoms with Crippen LogP contribution >= 0.6 is 0 Å². The summed E-state index contributed by atoms with van der Waals surface area (Å²) in [5.74, 6) is 1.69. The molecule has 2 atom stereocenters. The summed E-state index contributed by atoms with van der Waals surface area (Å²) in [5.41, 5.74) is 3.15. The van der Waals surface area contributed by atoms with Crippen LogP contribution in [0, 0.1) is 11.8 Å². The van der Waals surface area contributed by atoms with E-state index in [1.165, 1.54) is 5.56 Å². The normalized spacial score (nSPS) is 23.6. The zero-order chi connectivity index (χ0) is 16.4. The minimum Gasteiger partial charge on any atom is -0.339 e. The highest BCUT2D eigenvalue weighted by molar-refractivity contribution is 5.94. The van der Waals surface area contributed by atoms with Gasteiger partial charge in [-0.05, 0) is 61.0 Å².